The number of hydrogen-bond donors (Lipinski definition) is 1. The van der Waals surface area contributed by atoms with Gasteiger partial charge in [0, 0.05) is 6.54 Å². The Labute approximate surface area is 106 Å². The third kappa shape index (κ3) is 15.4. The lowest BCUT2D eigenvalue weighted by molar-refractivity contribution is -0.304. The molecule has 0 amide bonds. The highest BCUT2D eigenvalue weighted by Gasteiger charge is 1.92. The Hall–Kier alpha value is -0.570. The van der Waals surface area contributed by atoms with Gasteiger partial charge in [-0.05, 0) is 13.0 Å². The number of carboxylic acid groups (broad SMARTS) is 1. The van der Waals surface area contributed by atoms with Crippen LogP contribution in [0.15, 0.2) is 0 Å². The number of aliphatic carboxylic acids is 1. The van der Waals surface area contributed by atoms with Crippen molar-refractivity contribution >= 4 is 5.97 Å². The van der Waals surface area contributed by atoms with Gasteiger partial charge < -0.3 is 15.2 Å². The molecule has 0 aliphatic heterocycles. The van der Waals surface area contributed by atoms with E-state index in [0.29, 0.717) is 0 Å². The molecule has 0 aromatic rings. The molecular weight excluding hydrogens is 214 g/mol. The first-order valence-corrected chi connectivity index (χ1v) is 7.18. The van der Waals surface area contributed by atoms with Crippen LogP contribution in [-0.2, 0) is 4.79 Å². The average Bonchev–Trinajstić information content (AvgIpc) is 2.30. The second kappa shape index (κ2) is 13.5. The lowest BCUT2D eigenvalue weighted by Crippen LogP contribution is -2.34. The van der Waals surface area contributed by atoms with Crippen molar-refractivity contribution in [3.8, 4) is 0 Å². The van der Waals surface area contributed by atoms with E-state index >= 15 is 0 Å². The van der Waals surface area contributed by atoms with Crippen molar-refractivity contribution in [3.63, 3.8) is 0 Å². The minimum Gasteiger partial charge on any atom is -0.549 e. The highest BCUT2D eigenvalue weighted by molar-refractivity contribution is 5.66. The Morgan fingerprint density at radius 3 is 1.82 bits per heavy atom. The molecule has 1 N–H and O–H groups in total. The summed E-state index contributed by atoms with van der Waals surface area (Å²) in [5.41, 5.74) is 0. The van der Waals surface area contributed by atoms with Crippen LogP contribution in [0.4, 0.5) is 0 Å². The van der Waals surface area contributed by atoms with Crippen molar-refractivity contribution in [1.29, 1.82) is 0 Å². The van der Waals surface area contributed by atoms with Crippen molar-refractivity contribution in [2.24, 2.45) is 0 Å². The third-order valence-electron chi connectivity index (χ3n) is 2.98. The summed E-state index contributed by atoms with van der Waals surface area (Å²) in [4.78, 5) is 10.1. The van der Waals surface area contributed by atoms with Crippen LogP contribution in [0.5, 0.6) is 0 Å². The van der Waals surface area contributed by atoms with Crippen LogP contribution >= 0.6 is 0 Å². The van der Waals surface area contributed by atoms with E-state index in [1.807, 2.05) is 0 Å². The zero-order valence-electron chi connectivity index (χ0n) is 11.3. The Balaban J connectivity index is 2.91. The first-order valence-electron chi connectivity index (χ1n) is 7.18. The molecule has 0 saturated heterocycles. The van der Waals surface area contributed by atoms with Crippen LogP contribution in [0.25, 0.3) is 0 Å². The molecule has 3 heteroatoms. The van der Waals surface area contributed by atoms with E-state index in [1.165, 1.54) is 57.8 Å². The van der Waals surface area contributed by atoms with E-state index in [1.54, 1.807) is 0 Å². The molecule has 0 radical (unpaired) electrons. The predicted molar refractivity (Wildman–Crippen MR) is 69.7 cm³/mol. The molecule has 102 valence electrons. The fourth-order valence-corrected chi connectivity index (χ4v) is 1.93. The molecule has 0 aliphatic rings. The number of rotatable bonds is 13. The number of hydrogen-bond acceptors (Lipinski definition) is 3. The second-order valence-corrected chi connectivity index (χ2v) is 4.73. The molecule has 0 bridgehead atoms. The zero-order valence-corrected chi connectivity index (χ0v) is 11.3. The maximum Gasteiger partial charge on any atom is 0.0552 e. The minimum atomic E-state index is -1.02. The average molecular weight is 242 g/mol. The van der Waals surface area contributed by atoms with Gasteiger partial charge in [0.25, 0.3) is 0 Å². The molecule has 3 nitrogen and oxygen atoms in total. The largest absolute Gasteiger partial charge is 0.549 e. The van der Waals surface area contributed by atoms with Crippen molar-refractivity contribution in [2.75, 3.05) is 13.1 Å². The van der Waals surface area contributed by atoms with E-state index < -0.39 is 5.97 Å². The predicted octanol–water partition coefficient (Wildman–Crippen LogP) is 2.25. The molecule has 0 aromatic heterocycles. The number of carbonyl (C=O) groups is 1. The lowest BCUT2D eigenvalue weighted by Gasteiger charge is -2.05. The van der Waals surface area contributed by atoms with E-state index in [2.05, 4.69) is 12.2 Å². The number of nitrogens with one attached hydrogen (secondary N) is 1. The Morgan fingerprint density at radius 1 is 0.882 bits per heavy atom. The molecule has 0 spiro atoms. The molecule has 0 aliphatic carbocycles. The Kier molecular flexibility index (Phi) is 13.0. The summed E-state index contributed by atoms with van der Waals surface area (Å²) >= 11 is 0. The van der Waals surface area contributed by atoms with E-state index in [4.69, 9.17) is 0 Å². The van der Waals surface area contributed by atoms with E-state index in [9.17, 15) is 9.90 Å². The first kappa shape index (κ1) is 16.4. The van der Waals surface area contributed by atoms with Gasteiger partial charge in [0.2, 0.25) is 0 Å². The fraction of sp³-hybridized carbons (Fsp3) is 0.929. The smallest absolute Gasteiger partial charge is 0.0552 e. The van der Waals surface area contributed by atoms with Crippen molar-refractivity contribution in [3.05, 3.63) is 0 Å². The zero-order chi connectivity index (χ0) is 12.8. The third-order valence-corrected chi connectivity index (χ3v) is 2.98. The maximum absolute atomic E-state index is 10.1. The highest BCUT2D eigenvalue weighted by atomic mass is 16.4. The lowest BCUT2D eigenvalue weighted by atomic mass is 10.1. The molecule has 0 fully saturated rings. The number of unbranched alkanes of at least 4 members (excludes halogenated alkanes) is 9. The van der Waals surface area contributed by atoms with Gasteiger partial charge in [-0.15, -0.1) is 0 Å². The van der Waals surface area contributed by atoms with Crippen LogP contribution in [0.1, 0.15) is 71.1 Å². The summed E-state index contributed by atoms with van der Waals surface area (Å²) in [6.07, 6.45) is 13.1. The summed E-state index contributed by atoms with van der Waals surface area (Å²) in [7, 11) is 0. The molecule has 0 aromatic carbocycles. The van der Waals surface area contributed by atoms with Gasteiger partial charge >= 0.3 is 0 Å². The molecule has 0 rings (SSSR count). The summed E-state index contributed by atoms with van der Waals surface area (Å²) in [5, 5.41) is 13.0. The summed E-state index contributed by atoms with van der Waals surface area (Å²) in [5.74, 6) is -1.02. The van der Waals surface area contributed by atoms with Crippen molar-refractivity contribution in [2.45, 2.75) is 71.1 Å². The molecule has 0 unspecified atom stereocenters. The van der Waals surface area contributed by atoms with Gasteiger partial charge in [-0.1, -0.05) is 64.7 Å². The van der Waals surface area contributed by atoms with Crippen LogP contribution in [-0.4, -0.2) is 19.1 Å². The van der Waals surface area contributed by atoms with Gasteiger partial charge in [0.1, 0.15) is 0 Å². The number of carboxylic acids is 1. The number of carbonyl (C=O) groups excluding carboxylic acids is 1. The molecular formula is C14H28NO2-. The van der Waals surface area contributed by atoms with Gasteiger partial charge in [0.05, 0.1) is 5.97 Å². The van der Waals surface area contributed by atoms with Crippen LogP contribution in [0.3, 0.4) is 0 Å². The highest BCUT2D eigenvalue weighted by Crippen LogP contribution is 2.10. The van der Waals surface area contributed by atoms with Crippen molar-refractivity contribution in [1.82, 2.24) is 5.32 Å². The van der Waals surface area contributed by atoms with E-state index in [-0.39, 0.29) is 6.54 Å². The Bertz CT molecular complexity index is 172. The Morgan fingerprint density at radius 2 is 1.35 bits per heavy atom. The van der Waals surface area contributed by atoms with Crippen LogP contribution in [0.2, 0.25) is 0 Å². The van der Waals surface area contributed by atoms with Gasteiger partial charge in [-0.2, -0.15) is 0 Å². The van der Waals surface area contributed by atoms with Gasteiger partial charge in [-0.3, -0.25) is 0 Å². The van der Waals surface area contributed by atoms with Crippen LogP contribution in [0, 0.1) is 0 Å². The topological polar surface area (TPSA) is 52.2 Å². The molecule has 0 atom stereocenters. The summed E-state index contributed by atoms with van der Waals surface area (Å²) in [6.45, 7) is 3.02. The maximum atomic E-state index is 10.1. The van der Waals surface area contributed by atoms with Gasteiger partial charge in [0.15, 0.2) is 0 Å². The minimum absolute atomic E-state index is 0.0164. The molecule has 0 heterocycles. The second-order valence-electron chi connectivity index (χ2n) is 4.73. The monoisotopic (exact) mass is 242 g/mol. The summed E-state index contributed by atoms with van der Waals surface area (Å²) < 4.78 is 0. The first-order chi connectivity index (χ1) is 8.27. The molecule has 0 saturated carbocycles. The SMILES string of the molecule is CCCCCCCCCCCCNCC(=O)[O-]. The normalized spacial score (nSPS) is 10.6. The van der Waals surface area contributed by atoms with Gasteiger partial charge in [-0.25, -0.2) is 0 Å². The standard InChI is InChI=1S/C14H29NO2/c1-2-3-4-5-6-7-8-9-10-11-12-15-13-14(16)17/h15H,2-13H2,1H3,(H,16,17)/p-1. The fourth-order valence-electron chi connectivity index (χ4n) is 1.93. The molecule has 17 heavy (non-hydrogen) atoms. The van der Waals surface area contributed by atoms with Crippen LogP contribution < -0.4 is 10.4 Å². The van der Waals surface area contributed by atoms with E-state index in [0.717, 1.165) is 13.0 Å². The van der Waals surface area contributed by atoms with Crippen molar-refractivity contribution < 1.29 is 9.90 Å². The quantitative estimate of drug-likeness (QED) is 0.504. The summed E-state index contributed by atoms with van der Waals surface area (Å²) in [6, 6.07) is 0.